The third kappa shape index (κ3) is 9.04. The molecule has 0 fully saturated rings. The fourth-order valence-electron chi connectivity index (χ4n) is 3.71. The zero-order valence-corrected chi connectivity index (χ0v) is 24.1. The first kappa shape index (κ1) is 30.6. The summed E-state index contributed by atoms with van der Waals surface area (Å²) in [4.78, 5) is 19.8. The fourth-order valence-corrected chi connectivity index (χ4v) is 3.84. The van der Waals surface area contributed by atoms with Crippen LogP contribution in [0.4, 0.5) is 11.5 Å². The van der Waals surface area contributed by atoms with Crippen molar-refractivity contribution in [1.82, 2.24) is 9.88 Å². The number of carbonyl (C=O) groups is 1. The molecule has 3 aromatic rings. The number of hydrogen-bond acceptors (Lipinski definition) is 3. The van der Waals surface area contributed by atoms with Gasteiger partial charge in [-0.3, -0.25) is 4.79 Å². The van der Waals surface area contributed by atoms with Crippen LogP contribution in [0.2, 0.25) is 5.02 Å². The molecule has 1 aromatic heterocycles. The Balaban J connectivity index is 0.00000247. The monoisotopic (exact) mass is 529 g/mol. The van der Waals surface area contributed by atoms with E-state index in [0.29, 0.717) is 23.7 Å². The van der Waals surface area contributed by atoms with Crippen molar-refractivity contribution in [3.8, 4) is 11.3 Å². The minimum Gasteiger partial charge on any atom is -0.340 e. The Kier molecular flexibility index (Phi) is 13.1. The van der Waals surface area contributed by atoms with Gasteiger partial charge in [-0.05, 0) is 73.9 Å². The SMILES string of the molecule is C=C/C=C(\C=C/CCC)CN(CC)C(=O)c1ccc(Nc2nc(-c3ccc(Cl)cc3)ccc2C)cc1.CC. The molecule has 0 aliphatic heterocycles. The lowest BCUT2D eigenvalue weighted by molar-refractivity contribution is 0.0779. The summed E-state index contributed by atoms with van der Waals surface area (Å²) in [6.45, 7) is 15.1. The Morgan fingerprint density at radius 2 is 1.71 bits per heavy atom. The molecule has 0 atom stereocenters. The number of aryl methyl sites for hydroxylation is 1. The zero-order chi connectivity index (χ0) is 27.9. The molecule has 3 rings (SSSR count). The molecule has 5 heteroatoms. The molecule has 2 aromatic carbocycles. The first-order chi connectivity index (χ1) is 18.4. The van der Waals surface area contributed by atoms with Crippen LogP contribution in [-0.4, -0.2) is 28.9 Å². The van der Waals surface area contributed by atoms with Crippen molar-refractivity contribution >= 4 is 29.0 Å². The predicted molar refractivity (Wildman–Crippen MR) is 164 cm³/mol. The summed E-state index contributed by atoms with van der Waals surface area (Å²) < 4.78 is 0. The van der Waals surface area contributed by atoms with Gasteiger partial charge in [0.25, 0.3) is 5.91 Å². The van der Waals surface area contributed by atoms with Gasteiger partial charge in [0.15, 0.2) is 0 Å². The second-order valence-electron chi connectivity index (χ2n) is 8.56. The number of halogens is 1. The third-order valence-corrected chi connectivity index (χ3v) is 6.05. The van der Waals surface area contributed by atoms with Gasteiger partial charge < -0.3 is 10.2 Å². The standard InChI is InChI=1S/C31H34ClN3O.C2H6/c1-5-8-9-11-24(10-6-2)22-35(7-3)31(36)26-15-19-28(20-16-26)33-30-23(4)12-21-29(34-30)25-13-17-27(32)18-14-25;1-2/h6,9-21H,2,5,7-8,22H2,1,3-4H3,(H,33,34);1-2H3/b11-9-,24-10+;. The normalized spacial score (nSPS) is 11.1. The van der Waals surface area contributed by atoms with Crippen LogP contribution in [-0.2, 0) is 0 Å². The van der Waals surface area contributed by atoms with E-state index >= 15 is 0 Å². The highest BCUT2D eigenvalue weighted by atomic mass is 35.5. The topological polar surface area (TPSA) is 45.2 Å². The minimum absolute atomic E-state index is 0.00180. The molecule has 1 N–H and O–H groups in total. The summed E-state index contributed by atoms with van der Waals surface area (Å²) >= 11 is 6.02. The van der Waals surface area contributed by atoms with Crippen molar-refractivity contribution in [2.24, 2.45) is 0 Å². The van der Waals surface area contributed by atoms with E-state index in [0.717, 1.165) is 46.7 Å². The number of carbonyl (C=O) groups excluding carboxylic acids is 1. The van der Waals surface area contributed by atoms with Gasteiger partial charge in [0.2, 0.25) is 0 Å². The Morgan fingerprint density at radius 3 is 2.32 bits per heavy atom. The number of likely N-dealkylation sites (N-methyl/N-ethyl adjacent to an activating group) is 1. The summed E-state index contributed by atoms with van der Waals surface area (Å²) in [6, 6.07) is 19.2. The molecular formula is C33H40ClN3O. The van der Waals surface area contributed by atoms with Crippen LogP contribution in [0.3, 0.4) is 0 Å². The lowest BCUT2D eigenvalue weighted by Crippen LogP contribution is -2.32. The molecule has 200 valence electrons. The van der Waals surface area contributed by atoms with E-state index < -0.39 is 0 Å². The first-order valence-corrected chi connectivity index (χ1v) is 13.7. The summed E-state index contributed by atoms with van der Waals surface area (Å²) in [5.74, 6) is 0.775. The Bertz CT molecular complexity index is 1230. The fraction of sp³-hybridized carbons (Fsp3) is 0.273. The quantitative estimate of drug-likeness (QED) is 0.251. The Morgan fingerprint density at radius 1 is 1.03 bits per heavy atom. The molecule has 0 saturated heterocycles. The lowest BCUT2D eigenvalue weighted by Gasteiger charge is -2.22. The Hall–Kier alpha value is -3.63. The van der Waals surface area contributed by atoms with Crippen LogP contribution in [0, 0.1) is 6.92 Å². The third-order valence-electron chi connectivity index (χ3n) is 5.79. The van der Waals surface area contributed by atoms with E-state index in [1.165, 1.54) is 0 Å². The predicted octanol–water partition coefficient (Wildman–Crippen LogP) is 9.41. The molecule has 0 unspecified atom stereocenters. The number of hydrogen-bond donors (Lipinski definition) is 1. The molecule has 1 heterocycles. The van der Waals surface area contributed by atoms with E-state index in [2.05, 4.69) is 31.0 Å². The average molecular weight is 530 g/mol. The van der Waals surface area contributed by atoms with Gasteiger partial charge in [0.05, 0.1) is 5.69 Å². The summed E-state index contributed by atoms with van der Waals surface area (Å²) in [5, 5.41) is 4.09. The van der Waals surface area contributed by atoms with Gasteiger partial charge in [-0.2, -0.15) is 0 Å². The molecule has 0 radical (unpaired) electrons. The molecule has 0 bridgehead atoms. The number of nitrogens with zero attached hydrogens (tertiary/aromatic N) is 2. The summed E-state index contributed by atoms with van der Waals surface area (Å²) in [5.41, 5.74) is 5.47. The molecular weight excluding hydrogens is 490 g/mol. The lowest BCUT2D eigenvalue weighted by atomic mass is 10.1. The maximum Gasteiger partial charge on any atom is 0.254 e. The molecule has 1 amide bonds. The van der Waals surface area contributed by atoms with E-state index in [9.17, 15) is 4.79 Å². The maximum absolute atomic E-state index is 13.2. The molecule has 0 saturated carbocycles. The minimum atomic E-state index is 0.00180. The van der Waals surface area contributed by atoms with E-state index in [4.69, 9.17) is 16.6 Å². The molecule has 0 aliphatic carbocycles. The van der Waals surface area contributed by atoms with Crippen LogP contribution in [0.25, 0.3) is 11.3 Å². The van der Waals surface area contributed by atoms with Crippen molar-refractivity contribution in [1.29, 1.82) is 0 Å². The number of pyridine rings is 1. The van der Waals surface area contributed by atoms with Crippen molar-refractivity contribution in [2.75, 3.05) is 18.4 Å². The second-order valence-corrected chi connectivity index (χ2v) is 9.00. The van der Waals surface area contributed by atoms with Gasteiger partial charge in [-0.1, -0.05) is 87.9 Å². The summed E-state index contributed by atoms with van der Waals surface area (Å²) in [7, 11) is 0. The number of anilines is 2. The number of allylic oxidation sites excluding steroid dienone is 3. The first-order valence-electron chi connectivity index (χ1n) is 13.3. The van der Waals surface area contributed by atoms with Crippen LogP contribution in [0.15, 0.2) is 97.1 Å². The van der Waals surface area contributed by atoms with Crippen LogP contribution in [0.1, 0.15) is 56.5 Å². The molecule has 0 spiro atoms. The number of unbranched alkanes of at least 4 members (excludes halogenated alkanes) is 1. The zero-order valence-electron chi connectivity index (χ0n) is 23.3. The van der Waals surface area contributed by atoms with Crippen molar-refractivity contribution in [3.05, 3.63) is 113 Å². The maximum atomic E-state index is 13.2. The average Bonchev–Trinajstić information content (AvgIpc) is 2.94. The number of amides is 1. The largest absolute Gasteiger partial charge is 0.340 e. The van der Waals surface area contributed by atoms with E-state index in [1.54, 1.807) is 6.08 Å². The Labute approximate surface area is 233 Å². The van der Waals surface area contributed by atoms with Gasteiger partial charge in [0.1, 0.15) is 5.82 Å². The van der Waals surface area contributed by atoms with E-state index in [-0.39, 0.29) is 5.91 Å². The van der Waals surface area contributed by atoms with Gasteiger partial charge >= 0.3 is 0 Å². The highest BCUT2D eigenvalue weighted by Gasteiger charge is 2.15. The van der Waals surface area contributed by atoms with Gasteiger partial charge in [-0.15, -0.1) is 0 Å². The van der Waals surface area contributed by atoms with Gasteiger partial charge in [-0.25, -0.2) is 4.98 Å². The number of aromatic nitrogens is 1. The van der Waals surface area contributed by atoms with E-state index in [1.807, 2.05) is 99.3 Å². The van der Waals surface area contributed by atoms with Crippen LogP contribution in [0.5, 0.6) is 0 Å². The van der Waals surface area contributed by atoms with Crippen molar-refractivity contribution in [2.45, 2.75) is 47.5 Å². The van der Waals surface area contributed by atoms with Gasteiger partial charge in [0, 0.05) is 34.9 Å². The smallest absolute Gasteiger partial charge is 0.254 e. The number of benzene rings is 2. The highest BCUT2D eigenvalue weighted by molar-refractivity contribution is 6.30. The summed E-state index contributed by atoms with van der Waals surface area (Å²) in [6.07, 6.45) is 10.1. The highest BCUT2D eigenvalue weighted by Crippen LogP contribution is 2.25. The number of nitrogens with one attached hydrogen (secondary N) is 1. The molecule has 38 heavy (non-hydrogen) atoms. The second kappa shape index (κ2) is 16.3. The van der Waals surface area contributed by atoms with Crippen LogP contribution < -0.4 is 5.32 Å². The van der Waals surface area contributed by atoms with Crippen molar-refractivity contribution < 1.29 is 4.79 Å². The molecule has 4 nitrogen and oxygen atoms in total. The molecule has 0 aliphatic rings. The van der Waals surface area contributed by atoms with Crippen LogP contribution >= 0.6 is 11.6 Å². The van der Waals surface area contributed by atoms with Crippen molar-refractivity contribution in [3.63, 3.8) is 0 Å². The number of rotatable bonds is 11.